The molecule has 0 spiro atoms. The Balaban J connectivity index is 2.16. The van der Waals surface area contributed by atoms with Crippen molar-refractivity contribution in [3.05, 3.63) is 75.5 Å². The lowest BCUT2D eigenvalue weighted by molar-refractivity contribution is 0.634. The normalized spacial score (nSPS) is 12.5. The number of aromatic nitrogens is 1. The Morgan fingerprint density at radius 1 is 1.10 bits per heavy atom. The Labute approximate surface area is 138 Å². The van der Waals surface area contributed by atoms with Crippen LogP contribution in [0.1, 0.15) is 24.1 Å². The van der Waals surface area contributed by atoms with Crippen molar-refractivity contribution in [2.75, 3.05) is 6.54 Å². The maximum atomic E-state index is 4.47. The lowest BCUT2D eigenvalue weighted by atomic mass is 9.95. The van der Waals surface area contributed by atoms with Crippen molar-refractivity contribution in [1.82, 2.24) is 10.3 Å². The first kappa shape index (κ1) is 14.5. The Morgan fingerprint density at radius 3 is 2.76 bits per heavy atom. The second kappa shape index (κ2) is 6.54. The van der Waals surface area contributed by atoms with Gasteiger partial charge in [0, 0.05) is 15.2 Å². The molecule has 0 bridgehead atoms. The second-order valence-electron chi connectivity index (χ2n) is 4.96. The number of hydrogen-bond acceptors (Lipinski definition) is 2. The highest BCUT2D eigenvalue weighted by molar-refractivity contribution is 14.1. The fourth-order valence-electron chi connectivity index (χ4n) is 2.68. The first-order chi connectivity index (χ1) is 10.3. The van der Waals surface area contributed by atoms with Crippen LogP contribution in [0.4, 0.5) is 0 Å². The molecular weight excluding hydrogens is 371 g/mol. The van der Waals surface area contributed by atoms with Gasteiger partial charge in [-0.15, -0.1) is 0 Å². The Morgan fingerprint density at radius 2 is 1.95 bits per heavy atom. The van der Waals surface area contributed by atoms with E-state index in [9.17, 15) is 0 Å². The zero-order valence-corrected chi connectivity index (χ0v) is 14.0. The van der Waals surface area contributed by atoms with E-state index in [1.165, 1.54) is 20.1 Å². The zero-order valence-electron chi connectivity index (χ0n) is 11.9. The van der Waals surface area contributed by atoms with E-state index < -0.39 is 0 Å². The monoisotopic (exact) mass is 388 g/mol. The van der Waals surface area contributed by atoms with Crippen LogP contribution >= 0.6 is 22.6 Å². The quantitative estimate of drug-likeness (QED) is 0.664. The van der Waals surface area contributed by atoms with Crippen LogP contribution in [0.3, 0.4) is 0 Å². The minimum atomic E-state index is 0.192. The SMILES string of the molecule is CCNC(c1cccc(I)c1)c1cccc2ncccc12. The van der Waals surface area contributed by atoms with E-state index in [2.05, 4.69) is 88.3 Å². The van der Waals surface area contributed by atoms with Crippen LogP contribution in [-0.4, -0.2) is 11.5 Å². The predicted molar refractivity (Wildman–Crippen MR) is 96.4 cm³/mol. The number of halogens is 1. The van der Waals surface area contributed by atoms with Crippen molar-refractivity contribution in [2.45, 2.75) is 13.0 Å². The number of rotatable bonds is 4. The molecule has 3 heteroatoms. The summed E-state index contributed by atoms with van der Waals surface area (Å²) in [5, 5.41) is 4.82. The van der Waals surface area contributed by atoms with Crippen LogP contribution in [-0.2, 0) is 0 Å². The number of pyridine rings is 1. The Kier molecular flexibility index (Phi) is 4.51. The van der Waals surface area contributed by atoms with Gasteiger partial charge in [0.2, 0.25) is 0 Å². The predicted octanol–water partition coefficient (Wildman–Crippen LogP) is 4.54. The molecule has 21 heavy (non-hydrogen) atoms. The molecule has 1 unspecified atom stereocenters. The lowest BCUT2D eigenvalue weighted by Gasteiger charge is -2.21. The van der Waals surface area contributed by atoms with Gasteiger partial charge in [0.1, 0.15) is 0 Å². The summed E-state index contributed by atoms with van der Waals surface area (Å²) in [4.78, 5) is 4.47. The highest BCUT2D eigenvalue weighted by Crippen LogP contribution is 2.28. The lowest BCUT2D eigenvalue weighted by Crippen LogP contribution is -2.22. The molecule has 0 radical (unpaired) electrons. The molecule has 1 aromatic heterocycles. The zero-order chi connectivity index (χ0) is 14.7. The molecule has 3 aromatic rings. The van der Waals surface area contributed by atoms with Gasteiger partial charge in [-0.1, -0.05) is 37.3 Å². The summed E-state index contributed by atoms with van der Waals surface area (Å²) < 4.78 is 1.26. The van der Waals surface area contributed by atoms with Crippen LogP contribution < -0.4 is 5.32 Å². The number of fused-ring (bicyclic) bond motifs is 1. The van der Waals surface area contributed by atoms with Gasteiger partial charge in [0.15, 0.2) is 0 Å². The molecule has 2 aromatic carbocycles. The van der Waals surface area contributed by atoms with Crippen LogP contribution in [0, 0.1) is 3.57 Å². The summed E-state index contributed by atoms with van der Waals surface area (Å²) in [6.45, 7) is 3.07. The van der Waals surface area contributed by atoms with E-state index in [1.807, 2.05) is 12.3 Å². The molecule has 106 valence electrons. The summed E-state index contributed by atoms with van der Waals surface area (Å²) in [6.07, 6.45) is 1.85. The molecule has 0 fully saturated rings. The molecule has 0 amide bonds. The van der Waals surface area contributed by atoms with Crippen LogP contribution in [0.15, 0.2) is 60.8 Å². The maximum Gasteiger partial charge on any atom is 0.0705 e. The summed E-state index contributed by atoms with van der Waals surface area (Å²) in [6, 6.07) is 19.4. The molecule has 0 aliphatic rings. The molecule has 0 aliphatic heterocycles. The van der Waals surface area contributed by atoms with E-state index in [0.29, 0.717) is 0 Å². The van der Waals surface area contributed by atoms with Gasteiger partial charge in [0.05, 0.1) is 11.6 Å². The molecule has 1 N–H and O–H groups in total. The molecule has 2 nitrogen and oxygen atoms in total. The number of nitrogens with one attached hydrogen (secondary N) is 1. The van der Waals surface area contributed by atoms with Gasteiger partial charge in [0.25, 0.3) is 0 Å². The fraction of sp³-hybridized carbons (Fsp3) is 0.167. The van der Waals surface area contributed by atoms with E-state index in [1.54, 1.807) is 0 Å². The average Bonchev–Trinajstić information content (AvgIpc) is 2.52. The third-order valence-corrected chi connectivity index (χ3v) is 4.25. The highest BCUT2D eigenvalue weighted by Gasteiger charge is 2.15. The standard InChI is InChI=1S/C18H17IN2/c1-2-20-18(13-6-3-7-14(19)12-13)16-8-4-10-17-15(16)9-5-11-21-17/h3-12,18,20H,2H2,1H3. The molecule has 0 saturated carbocycles. The highest BCUT2D eigenvalue weighted by atomic mass is 127. The van der Waals surface area contributed by atoms with Crippen LogP contribution in [0.2, 0.25) is 0 Å². The topological polar surface area (TPSA) is 24.9 Å². The van der Waals surface area contributed by atoms with E-state index >= 15 is 0 Å². The summed E-state index contributed by atoms with van der Waals surface area (Å²) in [5.74, 6) is 0. The molecule has 0 aliphatic carbocycles. The van der Waals surface area contributed by atoms with Crippen molar-refractivity contribution in [3.63, 3.8) is 0 Å². The van der Waals surface area contributed by atoms with Crippen molar-refractivity contribution in [3.8, 4) is 0 Å². The third-order valence-electron chi connectivity index (χ3n) is 3.58. The van der Waals surface area contributed by atoms with E-state index in [4.69, 9.17) is 0 Å². The first-order valence-electron chi connectivity index (χ1n) is 7.12. The van der Waals surface area contributed by atoms with E-state index in [-0.39, 0.29) is 6.04 Å². The minimum Gasteiger partial charge on any atom is -0.307 e. The minimum absolute atomic E-state index is 0.192. The van der Waals surface area contributed by atoms with Crippen LogP contribution in [0.25, 0.3) is 10.9 Å². The molecule has 1 heterocycles. The van der Waals surface area contributed by atoms with Gasteiger partial charge < -0.3 is 5.32 Å². The van der Waals surface area contributed by atoms with Crippen molar-refractivity contribution in [2.24, 2.45) is 0 Å². The smallest absolute Gasteiger partial charge is 0.0705 e. The van der Waals surface area contributed by atoms with Gasteiger partial charge in [-0.2, -0.15) is 0 Å². The largest absolute Gasteiger partial charge is 0.307 e. The van der Waals surface area contributed by atoms with Crippen molar-refractivity contribution in [1.29, 1.82) is 0 Å². The Hall–Kier alpha value is -1.46. The summed E-state index contributed by atoms with van der Waals surface area (Å²) in [7, 11) is 0. The first-order valence-corrected chi connectivity index (χ1v) is 8.20. The number of nitrogens with zero attached hydrogens (tertiary/aromatic N) is 1. The fourth-order valence-corrected chi connectivity index (χ4v) is 3.24. The van der Waals surface area contributed by atoms with Crippen molar-refractivity contribution < 1.29 is 0 Å². The molecular formula is C18H17IN2. The average molecular weight is 388 g/mol. The van der Waals surface area contributed by atoms with Crippen LogP contribution in [0.5, 0.6) is 0 Å². The van der Waals surface area contributed by atoms with Gasteiger partial charge in [-0.05, 0) is 64.5 Å². The van der Waals surface area contributed by atoms with Crippen molar-refractivity contribution >= 4 is 33.5 Å². The molecule has 0 saturated heterocycles. The van der Waals surface area contributed by atoms with Gasteiger partial charge in [-0.3, -0.25) is 4.98 Å². The second-order valence-corrected chi connectivity index (χ2v) is 6.21. The summed E-state index contributed by atoms with van der Waals surface area (Å²) in [5.41, 5.74) is 3.62. The van der Waals surface area contributed by atoms with E-state index in [0.717, 1.165) is 12.1 Å². The van der Waals surface area contributed by atoms with Gasteiger partial charge >= 0.3 is 0 Å². The number of hydrogen-bond donors (Lipinski definition) is 1. The third kappa shape index (κ3) is 3.09. The number of benzene rings is 2. The van der Waals surface area contributed by atoms with Gasteiger partial charge in [-0.25, -0.2) is 0 Å². The Bertz CT molecular complexity index is 750. The summed E-state index contributed by atoms with van der Waals surface area (Å²) >= 11 is 2.36. The molecule has 1 atom stereocenters. The molecule has 3 rings (SSSR count). The maximum absolute atomic E-state index is 4.47.